The van der Waals surface area contributed by atoms with Gasteiger partial charge in [0, 0.05) is 0 Å². The Morgan fingerprint density at radius 1 is 0.762 bits per heavy atom. The van der Waals surface area contributed by atoms with Crippen molar-refractivity contribution in [3.8, 4) is 0 Å². The van der Waals surface area contributed by atoms with Gasteiger partial charge in [-0.15, -0.1) is 0 Å². The molecular weight excluding hydrogens is 316 g/mol. The Balaban J connectivity index is 5.24. The smallest absolute Gasteiger partial charge is 0.268 e. The van der Waals surface area contributed by atoms with Gasteiger partial charge in [0.15, 0.2) is 0 Å². The van der Waals surface area contributed by atoms with Crippen LogP contribution in [0.4, 0.5) is 0 Å². The highest BCUT2D eigenvalue weighted by molar-refractivity contribution is 7.87. The largest absolute Gasteiger partial charge is 0.286 e. The van der Waals surface area contributed by atoms with Gasteiger partial charge in [-0.3, -0.25) is 9.11 Å². The molecule has 0 aliphatic heterocycles. The summed E-state index contributed by atoms with van der Waals surface area (Å²) in [4.78, 5) is 0. The lowest BCUT2D eigenvalue weighted by Crippen LogP contribution is -2.34. The van der Waals surface area contributed by atoms with Crippen LogP contribution < -0.4 is 0 Å². The third kappa shape index (κ3) is 10.2. The predicted molar refractivity (Wildman–Crippen MR) is 83.4 cm³/mol. The van der Waals surface area contributed by atoms with Gasteiger partial charge < -0.3 is 0 Å². The van der Waals surface area contributed by atoms with Crippen molar-refractivity contribution in [2.45, 2.75) is 58.6 Å². The molecule has 2 N–H and O–H groups in total. The molecule has 0 aromatic heterocycles. The van der Waals surface area contributed by atoms with E-state index in [1.807, 2.05) is 27.7 Å². The van der Waals surface area contributed by atoms with Gasteiger partial charge in [0.05, 0.1) is 11.0 Å². The standard InChI is InChI=1S/C13H28O6S2/c1-10(2)5-7-12(9-20(14,15)16)13(21(17,18)19)8-6-11(3)4/h10-13H,5-9H2,1-4H3,(H,14,15,16)(H,17,18,19). The van der Waals surface area contributed by atoms with Crippen LogP contribution in [0.25, 0.3) is 0 Å². The fourth-order valence-electron chi connectivity index (χ4n) is 2.32. The summed E-state index contributed by atoms with van der Waals surface area (Å²) in [6.07, 6.45) is 1.72. The van der Waals surface area contributed by atoms with Gasteiger partial charge in [0.1, 0.15) is 0 Å². The third-order valence-corrected chi connectivity index (χ3v) is 5.71. The number of hydrogen-bond acceptors (Lipinski definition) is 4. The average Bonchev–Trinajstić information content (AvgIpc) is 2.21. The fourth-order valence-corrected chi connectivity index (χ4v) is 4.53. The highest BCUT2D eigenvalue weighted by atomic mass is 32.2. The average molecular weight is 344 g/mol. The molecule has 0 bridgehead atoms. The van der Waals surface area contributed by atoms with Gasteiger partial charge in [0.2, 0.25) is 0 Å². The Hall–Kier alpha value is -0.180. The van der Waals surface area contributed by atoms with Crippen LogP contribution in [0.3, 0.4) is 0 Å². The van der Waals surface area contributed by atoms with E-state index in [0.29, 0.717) is 19.3 Å². The van der Waals surface area contributed by atoms with E-state index in [4.69, 9.17) is 4.55 Å². The molecule has 0 radical (unpaired) electrons. The van der Waals surface area contributed by atoms with Crippen molar-refractivity contribution >= 4 is 20.2 Å². The van der Waals surface area contributed by atoms with Crippen LogP contribution >= 0.6 is 0 Å². The zero-order valence-corrected chi connectivity index (χ0v) is 14.8. The summed E-state index contributed by atoms with van der Waals surface area (Å²) in [5, 5.41) is -1.15. The zero-order valence-electron chi connectivity index (χ0n) is 13.2. The molecule has 0 spiro atoms. The van der Waals surface area contributed by atoms with E-state index in [9.17, 15) is 21.4 Å². The topological polar surface area (TPSA) is 109 Å². The van der Waals surface area contributed by atoms with Crippen LogP contribution in [0.1, 0.15) is 53.4 Å². The maximum atomic E-state index is 11.6. The molecule has 2 unspecified atom stereocenters. The van der Waals surface area contributed by atoms with Gasteiger partial charge in [-0.2, -0.15) is 16.8 Å². The lowest BCUT2D eigenvalue weighted by molar-refractivity contribution is 0.365. The number of hydrogen-bond donors (Lipinski definition) is 2. The van der Waals surface area contributed by atoms with Crippen molar-refractivity contribution in [3.63, 3.8) is 0 Å². The molecule has 128 valence electrons. The van der Waals surface area contributed by atoms with Crippen LogP contribution in [0, 0.1) is 17.8 Å². The molecule has 0 rings (SSSR count). The second-order valence-electron chi connectivity index (χ2n) is 6.50. The molecule has 2 atom stereocenters. The van der Waals surface area contributed by atoms with E-state index in [1.54, 1.807) is 0 Å². The second kappa shape index (κ2) is 8.45. The van der Waals surface area contributed by atoms with Crippen molar-refractivity contribution in [2.75, 3.05) is 5.75 Å². The maximum Gasteiger partial charge on any atom is 0.268 e. The highest BCUT2D eigenvalue weighted by Gasteiger charge is 2.34. The Bertz CT molecular complexity index is 493. The molecule has 0 aromatic carbocycles. The lowest BCUT2D eigenvalue weighted by Gasteiger charge is -2.25. The van der Waals surface area contributed by atoms with E-state index in [-0.39, 0.29) is 18.3 Å². The number of rotatable bonds is 10. The molecule has 0 saturated heterocycles. The maximum absolute atomic E-state index is 11.6. The van der Waals surface area contributed by atoms with E-state index in [0.717, 1.165) is 0 Å². The van der Waals surface area contributed by atoms with E-state index < -0.39 is 37.2 Å². The van der Waals surface area contributed by atoms with Crippen LogP contribution in [-0.4, -0.2) is 36.9 Å². The summed E-state index contributed by atoms with van der Waals surface area (Å²) >= 11 is 0. The molecule has 0 aliphatic carbocycles. The van der Waals surface area contributed by atoms with Crippen molar-refractivity contribution in [3.05, 3.63) is 0 Å². The highest BCUT2D eigenvalue weighted by Crippen LogP contribution is 2.26. The monoisotopic (exact) mass is 344 g/mol. The van der Waals surface area contributed by atoms with Gasteiger partial charge >= 0.3 is 0 Å². The molecule has 21 heavy (non-hydrogen) atoms. The van der Waals surface area contributed by atoms with Gasteiger partial charge in [-0.1, -0.05) is 34.1 Å². The molecule has 0 fully saturated rings. The Kier molecular flexibility index (Phi) is 8.38. The SMILES string of the molecule is CC(C)CCC(CS(=O)(=O)O)C(CCC(C)C)S(=O)(=O)O. The minimum atomic E-state index is -4.36. The minimum Gasteiger partial charge on any atom is -0.286 e. The van der Waals surface area contributed by atoms with Crippen LogP contribution in [0.2, 0.25) is 0 Å². The first-order valence-electron chi connectivity index (χ1n) is 7.24. The molecule has 0 amide bonds. The van der Waals surface area contributed by atoms with E-state index in [2.05, 4.69) is 0 Å². The Morgan fingerprint density at radius 2 is 1.19 bits per heavy atom. The molecule has 0 aliphatic rings. The Labute approximate surface area is 128 Å². The molecule has 8 heteroatoms. The lowest BCUT2D eigenvalue weighted by atomic mass is 9.92. The van der Waals surface area contributed by atoms with Gasteiger partial charge in [-0.05, 0) is 37.0 Å². The molecule has 0 aromatic rings. The molecule has 0 saturated carbocycles. The third-order valence-electron chi connectivity index (χ3n) is 3.48. The first-order valence-corrected chi connectivity index (χ1v) is 10.4. The second-order valence-corrected chi connectivity index (χ2v) is 9.64. The van der Waals surface area contributed by atoms with Crippen molar-refractivity contribution in [1.82, 2.24) is 0 Å². The summed E-state index contributed by atoms with van der Waals surface area (Å²) in [7, 11) is -8.65. The first kappa shape index (κ1) is 20.8. The molecule has 0 heterocycles. The summed E-state index contributed by atoms with van der Waals surface area (Å²) in [6, 6.07) is 0. The van der Waals surface area contributed by atoms with Crippen molar-refractivity contribution in [1.29, 1.82) is 0 Å². The molecule has 6 nitrogen and oxygen atoms in total. The van der Waals surface area contributed by atoms with Crippen molar-refractivity contribution < 1.29 is 25.9 Å². The summed E-state index contributed by atoms with van der Waals surface area (Å²) < 4.78 is 63.9. The normalized spacial score (nSPS) is 16.4. The summed E-state index contributed by atoms with van der Waals surface area (Å²) in [6.45, 7) is 7.74. The summed E-state index contributed by atoms with van der Waals surface area (Å²) in [5.41, 5.74) is 0. The first-order chi connectivity index (χ1) is 9.33. The zero-order chi connectivity index (χ0) is 16.8. The quantitative estimate of drug-likeness (QED) is 0.590. The van der Waals surface area contributed by atoms with E-state index in [1.165, 1.54) is 0 Å². The predicted octanol–water partition coefficient (Wildman–Crippen LogP) is 2.62. The van der Waals surface area contributed by atoms with Crippen LogP contribution in [-0.2, 0) is 20.2 Å². The van der Waals surface area contributed by atoms with Gasteiger partial charge in [-0.25, -0.2) is 0 Å². The van der Waals surface area contributed by atoms with Gasteiger partial charge in [0.25, 0.3) is 20.2 Å². The fraction of sp³-hybridized carbons (Fsp3) is 1.00. The Morgan fingerprint density at radius 3 is 1.52 bits per heavy atom. The molecular formula is C13H28O6S2. The van der Waals surface area contributed by atoms with E-state index >= 15 is 0 Å². The van der Waals surface area contributed by atoms with Crippen LogP contribution in [0.5, 0.6) is 0 Å². The summed E-state index contributed by atoms with van der Waals surface area (Å²) in [5.74, 6) is -0.912. The van der Waals surface area contributed by atoms with Crippen LogP contribution in [0.15, 0.2) is 0 Å². The minimum absolute atomic E-state index is 0.189. The van der Waals surface area contributed by atoms with Crippen molar-refractivity contribution in [2.24, 2.45) is 17.8 Å².